The SMILES string of the molecule is CC(Sc1cccc(NC(=O)Cc2ccccc2)c1)C(=O)Nc1cc(Cl)ccc1Cl. The van der Waals surface area contributed by atoms with E-state index in [-0.39, 0.29) is 17.1 Å². The molecule has 0 aliphatic heterocycles. The minimum atomic E-state index is -0.379. The number of thioether (sulfide) groups is 1. The molecule has 0 saturated carbocycles. The fraction of sp³-hybridized carbons (Fsp3) is 0.130. The Bertz CT molecular complexity index is 1040. The number of hydrogen-bond acceptors (Lipinski definition) is 3. The second-order valence-electron chi connectivity index (χ2n) is 6.61. The summed E-state index contributed by atoms with van der Waals surface area (Å²) in [5, 5.41) is 6.24. The first kappa shape index (κ1) is 22.2. The zero-order valence-corrected chi connectivity index (χ0v) is 18.5. The third-order valence-corrected chi connectivity index (χ3v) is 5.85. The van der Waals surface area contributed by atoms with Crippen molar-refractivity contribution >= 4 is 58.2 Å². The van der Waals surface area contributed by atoms with Crippen LogP contribution in [0, 0.1) is 0 Å². The first-order valence-corrected chi connectivity index (χ1v) is 10.9. The molecule has 154 valence electrons. The number of benzene rings is 3. The lowest BCUT2D eigenvalue weighted by Gasteiger charge is -2.14. The Hall–Kier alpha value is -2.47. The van der Waals surface area contributed by atoms with Crippen molar-refractivity contribution in [3.63, 3.8) is 0 Å². The summed E-state index contributed by atoms with van der Waals surface area (Å²) in [6.07, 6.45) is 0.303. The van der Waals surface area contributed by atoms with E-state index in [1.165, 1.54) is 11.8 Å². The van der Waals surface area contributed by atoms with Crippen molar-refractivity contribution in [2.24, 2.45) is 0 Å². The molecule has 0 aromatic heterocycles. The fourth-order valence-corrected chi connectivity index (χ4v) is 3.98. The molecule has 0 saturated heterocycles. The van der Waals surface area contributed by atoms with Gasteiger partial charge in [0.1, 0.15) is 0 Å². The van der Waals surface area contributed by atoms with Crippen LogP contribution < -0.4 is 10.6 Å². The minimum Gasteiger partial charge on any atom is -0.326 e. The van der Waals surface area contributed by atoms with Gasteiger partial charge in [0.05, 0.1) is 22.4 Å². The molecular weight excluding hydrogens is 439 g/mol. The van der Waals surface area contributed by atoms with Crippen LogP contribution in [0.15, 0.2) is 77.7 Å². The van der Waals surface area contributed by atoms with E-state index in [0.717, 1.165) is 10.5 Å². The summed E-state index contributed by atoms with van der Waals surface area (Å²) in [5.74, 6) is -0.285. The van der Waals surface area contributed by atoms with E-state index in [2.05, 4.69) is 10.6 Å². The Kier molecular flexibility index (Phi) is 7.80. The Morgan fingerprint density at radius 2 is 1.70 bits per heavy atom. The van der Waals surface area contributed by atoms with Crippen LogP contribution >= 0.6 is 35.0 Å². The standard InChI is InChI=1S/C23H20Cl2N2O2S/c1-15(23(29)27-21-13-17(24)10-11-20(21)25)30-19-9-5-8-18(14-19)26-22(28)12-16-6-3-2-4-7-16/h2-11,13-15H,12H2,1H3,(H,26,28)(H,27,29). The topological polar surface area (TPSA) is 58.2 Å². The molecule has 0 radical (unpaired) electrons. The van der Waals surface area contributed by atoms with E-state index < -0.39 is 0 Å². The maximum Gasteiger partial charge on any atom is 0.237 e. The normalized spacial score (nSPS) is 11.6. The molecule has 0 aliphatic carbocycles. The van der Waals surface area contributed by atoms with Crippen molar-refractivity contribution in [1.29, 1.82) is 0 Å². The molecule has 30 heavy (non-hydrogen) atoms. The van der Waals surface area contributed by atoms with E-state index >= 15 is 0 Å². The first-order valence-electron chi connectivity index (χ1n) is 9.27. The number of carbonyl (C=O) groups excluding carboxylic acids is 2. The number of amides is 2. The van der Waals surface area contributed by atoms with Crippen LogP contribution in [-0.4, -0.2) is 17.1 Å². The quantitative estimate of drug-likeness (QED) is 0.408. The molecule has 1 unspecified atom stereocenters. The molecular formula is C23H20Cl2N2O2S. The van der Waals surface area contributed by atoms with Crippen LogP contribution in [0.4, 0.5) is 11.4 Å². The maximum absolute atomic E-state index is 12.5. The van der Waals surface area contributed by atoms with Gasteiger partial charge in [-0.2, -0.15) is 0 Å². The lowest BCUT2D eigenvalue weighted by Crippen LogP contribution is -2.22. The molecule has 4 nitrogen and oxygen atoms in total. The highest BCUT2D eigenvalue weighted by atomic mass is 35.5. The molecule has 3 rings (SSSR count). The predicted octanol–water partition coefficient (Wildman–Crippen LogP) is 6.29. The van der Waals surface area contributed by atoms with Gasteiger partial charge in [0.15, 0.2) is 0 Å². The predicted molar refractivity (Wildman–Crippen MR) is 126 cm³/mol. The Morgan fingerprint density at radius 3 is 2.47 bits per heavy atom. The van der Waals surface area contributed by atoms with Gasteiger partial charge in [0.2, 0.25) is 11.8 Å². The highest BCUT2D eigenvalue weighted by molar-refractivity contribution is 8.00. The lowest BCUT2D eigenvalue weighted by atomic mass is 10.1. The largest absolute Gasteiger partial charge is 0.326 e. The molecule has 3 aromatic rings. The molecule has 3 aromatic carbocycles. The smallest absolute Gasteiger partial charge is 0.237 e. The summed E-state index contributed by atoms with van der Waals surface area (Å²) in [4.78, 5) is 25.7. The van der Waals surface area contributed by atoms with E-state index in [4.69, 9.17) is 23.2 Å². The van der Waals surface area contributed by atoms with Gasteiger partial charge in [-0.05, 0) is 48.9 Å². The fourth-order valence-electron chi connectivity index (χ4n) is 2.72. The molecule has 2 amide bonds. The number of rotatable bonds is 7. The Balaban J connectivity index is 1.59. The number of hydrogen-bond donors (Lipinski definition) is 2. The number of halogens is 2. The van der Waals surface area contributed by atoms with Gasteiger partial charge in [-0.15, -0.1) is 11.8 Å². The Labute approximate surface area is 190 Å². The first-order chi connectivity index (χ1) is 14.4. The van der Waals surface area contributed by atoms with Crippen molar-refractivity contribution in [3.05, 3.63) is 88.4 Å². The van der Waals surface area contributed by atoms with Gasteiger partial charge < -0.3 is 10.6 Å². The van der Waals surface area contributed by atoms with E-state index in [1.807, 2.05) is 54.6 Å². The van der Waals surface area contributed by atoms with Crippen molar-refractivity contribution in [2.75, 3.05) is 10.6 Å². The Morgan fingerprint density at radius 1 is 0.933 bits per heavy atom. The van der Waals surface area contributed by atoms with Gasteiger partial charge in [-0.1, -0.05) is 59.6 Å². The third-order valence-electron chi connectivity index (χ3n) is 4.19. The van der Waals surface area contributed by atoms with E-state index in [0.29, 0.717) is 27.8 Å². The number of anilines is 2. The third kappa shape index (κ3) is 6.52. The maximum atomic E-state index is 12.5. The molecule has 7 heteroatoms. The van der Waals surface area contributed by atoms with Crippen LogP contribution in [0.25, 0.3) is 0 Å². The van der Waals surface area contributed by atoms with Crippen molar-refractivity contribution in [2.45, 2.75) is 23.5 Å². The van der Waals surface area contributed by atoms with E-state index in [9.17, 15) is 9.59 Å². The van der Waals surface area contributed by atoms with Crippen LogP contribution in [0.3, 0.4) is 0 Å². The summed E-state index contributed by atoms with van der Waals surface area (Å²) >= 11 is 13.5. The van der Waals surface area contributed by atoms with Gasteiger partial charge in [0.25, 0.3) is 0 Å². The van der Waals surface area contributed by atoms with E-state index in [1.54, 1.807) is 25.1 Å². The second-order valence-corrected chi connectivity index (χ2v) is 8.87. The molecule has 0 aliphatic rings. The highest BCUT2D eigenvalue weighted by Gasteiger charge is 2.16. The lowest BCUT2D eigenvalue weighted by molar-refractivity contribution is -0.116. The van der Waals surface area contributed by atoms with Gasteiger partial charge >= 0.3 is 0 Å². The summed E-state index contributed by atoms with van der Waals surface area (Å²) in [7, 11) is 0. The van der Waals surface area contributed by atoms with Gasteiger partial charge in [-0.3, -0.25) is 9.59 Å². The molecule has 0 heterocycles. The van der Waals surface area contributed by atoms with Gasteiger partial charge in [0, 0.05) is 15.6 Å². The highest BCUT2D eigenvalue weighted by Crippen LogP contribution is 2.29. The zero-order valence-electron chi connectivity index (χ0n) is 16.2. The van der Waals surface area contributed by atoms with Crippen molar-refractivity contribution in [1.82, 2.24) is 0 Å². The summed E-state index contributed by atoms with van der Waals surface area (Å²) in [5.41, 5.74) is 2.11. The van der Waals surface area contributed by atoms with Crippen LogP contribution in [-0.2, 0) is 16.0 Å². The zero-order chi connectivity index (χ0) is 21.5. The monoisotopic (exact) mass is 458 g/mol. The van der Waals surface area contributed by atoms with Crippen molar-refractivity contribution < 1.29 is 9.59 Å². The number of carbonyl (C=O) groups is 2. The summed E-state index contributed by atoms with van der Waals surface area (Å²) < 4.78 is 0. The van der Waals surface area contributed by atoms with Gasteiger partial charge in [-0.25, -0.2) is 0 Å². The second kappa shape index (κ2) is 10.5. The molecule has 0 spiro atoms. The average Bonchev–Trinajstić information content (AvgIpc) is 2.71. The summed E-state index contributed by atoms with van der Waals surface area (Å²) in [6, 6.07) is 21.9. The summed E-state index contributed by atoms with van der Waals surface area (Å²) in [6.45, 7) is 1.80. The molecule has 1 atom stereocenters. The molecule has 2 N–H and O–H groups in total. The minimum absolute atomic E-state index is 0.0928. The molecule has 0 fully saturated rings. The van der Waals surface area contributed by atoms with Crippen molar-refractivity contribution in [3.8, 4) is 0 Å². The average molecular weight is 459 g/mol. The van der Waals surface area contributed by atoms with Crippen LogP contribution in [0.1, 0.15) is 12.5 Å². The van der Waals surface area contributed by atoms with Crippen LogP contribution in [0.5, 0.6) is 0 Å². The van der Waals surface area contributed by atoms with Crippen LogP contribution in [0.2, 0.25) is 10.0 Å². The molecule has 0 bridgehead atoms. The number of nitrogens with one attached hydrogen (secondary N) is 2.